The van der Waals surface area contributed by atoms with Crippen LogP contribution in [0.2, 0.25) is 0 Å². The number of benzene rings is 2. The van der Waals surface area contributed by atoms with Gasteiger partial charge in [-0.25, -0.2) is 8.78 Å². The smallest absolute Gasteiger partial charge is 0.255 e. The molecule has 0 atom stereocenters. The van der Waals surface area contributed by atoms with Crippen LogP contribution in [0.25, 0.3) is 23.1 Å². The molecule has 0 unspecified atom stereocenters. The maximum absolute atomic E-state index is 14.4. The number of hydrogen-bond acceptors (Lipinski definition) is 3. The molecule has 0 radical (unpaired) electrons. The molecule has 28 heavy (non-hydrogen) atoms. The molecule has 1 amide bonds. The second kappa shape index (κ2) is 7.40. The minimum Gasteiger partial charge on any atom is -0.319 e. The number of anilines is 1. The van der Waals surface area contributed by atoms with E-state index in [2.05, 4.69) is 20.5 Å². The van der Waals surface area contributed by atoms with Gasteiger partial charge in [-0.1, -0.05) is 18.2 Å². The lowest BCUT2D eigenvalue weighted by Gasteiger charge is -2.07. The molecule has 2 N–H and O–H groups in total. The number of aromatic amines is 1. The van der Waals surface area contributed by atoms with Crippen molar-refractivity contribution < 1.29 is 13.6 Å². The number of aromatic nitrogens is 3. The van der Waals surface area contributed by atoms with Gasteiger partial charge in [-0.2, -0.15) is 5.10 Å². The van der Waals surface area contributed by atoms with Crippen molar-refractivity contribution in [2.75, 3.05) is 5.32 Å². The molecule has 138 valence electrons. The molecule has 0 spiro atoms. The van der Waals surface area contributed by atoms with Crippen LogP contribution in [0.15, 0.2) is 60.9 Å². The van der Waals surface area contributed by atoms with Crippen LogP contribution in [0.4, 0.5) is 14.5 Å². The highest BCUT2D eigenvalue weighted by molar-refractivity contribution is 6.05. The van der Waals surface area contributed by atoms with E-state index >= 15 is 0 Å². The molecular formula is C21H14F2N4O. The summed E-state index contributed by atoms with van der Waals surface area (Å²) in [5.41, 5.74) is 2.29. The summed E-state index contributed by atoms with van der Waals surface area (Å²) < 4.78 is 27.4. The second-order valence-corrected chi connectivity index (χ2v) is 6.06. The van der Waals surface area contributed by atoms with Gasteiger partial charge in [-0.05, 0) is 42.0 Å². The third-order valence-corrected chi connectivity index (χ3v) is 4.17. The van der Waals surface area contributed by atoms with Gasteiger partial charge >= 0.3 is 0 Å². The summed E-state index contributed by atoms with van der Waals surface area (Å²) in [6.07, 6.45) is 6.48. The number of pyridine rings is 1. The Morgan fingerprint density at radius 3 is 2.50 bits per heavy atom. The number of rotatable bonds is 4. The second-order valence-electron chi connectivity index (χ2n) is 6.06. The monoisotopic (exact) mass is 376 g/mol. The van der Waals surface area contributed by atoms with Gasteiger partial charge in [-0.15, -0.1) is 0 Å². The Morgan fingerprint density at radius 1 is 1.00 bits per heavy atom. The Kier molecular flexibility index (Phi) is 4.63. The van der Waals surface area contributed by atoms with Gasteiger partial charge in [0, 0.05) is 29.4 Å². The van der Waals surface area contributed by atoms with Crippen LogP contribution in [-0.4, -0.2) is 21.1 Å². The first-order valence-electron chi connectivity index (χ1n) is 8.43. The predicted molar refractivity (Wildman–Crippen MR) is 104 cm³/mol. The fourth-order valence-electron chi connectivity index (χ4n) is 2.73. The highest BCUT2D eigenvalue weighted by atomic mass is 19.1. The number of nitrogens with zero attached hydrogens (tertiary/aromatic N) is 2. The van der Waals surface area contributed by atoms with Crippen molar-refractivity contribution in [2.24, 2.45) is 0 Å². The zero-order valence-corrected chi connectivity index (χ0v) is 14.5. The molecule has 2 heterocycles. The molecule has 0 saturated carbocycles. The van der Waals surface area contributed by atoms with Gasteiger partial charge in [0.25, 0.3) is 5.91 Å². The van der Waals surface area contributed by atoms with E-state index < -0.39 is 11.7 Å². The highest BCUT2D eigenvalue weighted by Gasteiger charge is 2.13. The summed E-state index contributed by atoms with van der Waals surface area (Å²) in [5, 5.41) is 10.1. The Morgan fingerprint density at radius 2 is 1.75 bits per heavy atom. The van der Waals surface area contributed by atoms with Crippen LogP contribution < -0.4 is 5.32 Å². The third-order valence-electron chi connectivity index (χ3n) is 4.17. The van der Waals surface area contributed by atoms with E-state index in [1.54, 1.807) is 36.4 Å². The van der Waals surface area contributed by atoms with Gasteiger partial charge in [0.2, 0.25) is 0 Å². The molecule has 5 nitrogen and oxygen atoms in total. The van der Waals surface area contributed by atoms with E-state index in [4.69, 9.17) is 0 Å². The summed E-state index contributed by atoms with van der Waals surface area (Å²) >= 11 is 0. The van der Waals surface area contributed by atoms with E-state index in [1.807, 2.05) is 0 Å². The van der Waals surface area contributed by atoms with E-state index in [9.17, 15) is 13.6 Å². The van der Waals surface area contributed by atoms with Gasteiger partial charge in [0.15, 0.2) is 0 Å². The first-order chi connectivity index (χ1) is 13.6. The number of halogens is 2. The lowest BCUT2D eigenvalue weighted by Crippen LogP contribution is -2.12. The molecule has 7 heteroatoms. The SMILES string of the molecule is O=C(Nc1cc2c(C=Cc3ccc(F)cc3)n[nH]c2cc1F)c1ccncc1. The van der Waals surface area contributed by atoms with Gasteiger partial charge < -0.3 is 5.32 Å². The molecule has 0 aliphatic rings. The van der Waals surface area contributed by atoms with Crippen LogP contribution in [0, 0.1) is 11.6 Å². The maximum atomic E-state index is 14.4. The minimum absolute atomic E-state index is 0.0483. The summed E-state index contributed by atoms with van der Waals surface area (Å²) in [6, 6.07) is 11.9. The quantitative estimate of drug-likeness (QED) is 0.544. The van der Waals surface area contributed by atoms with E-state index in [-0.39, 0.29) is 11.5 Å². The van der Waals surface area contributed by atoms with Crippen molar-refractivity contribution >= 4 is 34.6 Å². The standard InChI is InChI=1S/C21H14F2N4O/c22-15-4-1-13(2-5-15)3-6-18-16-11-20(17(23)12-19(16)27-26-18)25-21(28)14-7-9-24-10-8-14/h1-12H,(H,25,28)(H,26,27). The van der Waals surface area contributed by atoms with E-state index in [1.165, 1.54) is 36.7 Å². The fraction of sp³-hybridized carbons (Fsp3) is 0. The summed E-state index contributed by atoms with van der Waals surface area (Å²) in [6.45, 7) is 0. The number of carbonyl (C=O) groups is 1. The Hall–Kier alpha value is -3.87. The van der Waals surface area contributed by atoms with Crippen molar-refractivity contribution in [1.29, 1.82) is 0 Å². The number of H-pyrrole nitrogens is 1. The first kappa shape index (κ1) is 17.5. The van der Waals surface area contributed by atoms with Crippen molar-refractivity contribution in [1.82, 2.24) is 15.2 Å². The zero-order chi connectivity index (χ0) is 19.5. The maximum Gasteiger partial charge on any atom is 0.255 e. The van der Waals surface area contributed by atoms with E-state index in [0.29, 0.717) is 22.2 Å². The normalized spacial score (nSPS) is 11.2. The molecular weight excluding hydrogens is 362 g/mol. The number of amides is 1. The Labute approximate surface area is 158 Å². The average Bonchev–Trinajstić information content (AvgIpc) is 3.10. The predicted octanol–water partition coefficient (Wildman–Crippen LogP) is 4.66. The van der Waals surface area contributed by atoms with Crippen LogP contribution >= 0.6 is 0 Å². The van der Waals surface area contributed by atoms with Crippen LogP contribution in [0.5, 0.6) is 0 Å². The summed E-state index contributed by atoms with van der Waals surface area (Å²) in [4.78, 5) is 16.1. The zero-order valence-electron chi connectivity index (χ0n) is 14.5. The van der Waals surface area contributed by atoms with Crippen LogP contribution in [0.3, 0.4) is 0 Å². The summed E-state index contributed by atoms with van der Waals surface area (Å²) in [7, 11) is 0. The molecule has 2 aromatic carbocycles. The molecule has 4 rings (SSSR count). The van der Waals surface area contributed by atoms with E-state index in [0.717, 1.165) is 5.56 Å². The molecule has 0 bridgehead atoms. The summed E-state index contributed by atoms with van der Waals surface area (Å²) in [5.74, 6) is -1.33. The van der Waals surface area contributed by atoms with Crippen molar-refractivity contribution in [2.45, 2.75) is 0 Å². The lowest BCUT2D eigenvalue weighted by atomic mass is 10.1. The molecule has 0 saturated heterocycles. The Balaban J connectivity index is 1.64. The molecule has 4 aromatic rings. The number of fused-ring (bicyclic) bond motifs is 1. The van der Waals surface area contributed by atoms with Crippen LogP contribution in [0.1, 0.15) is 21.6 Å². The number of carbonyl (C=O) groups excluding carboxylic acids is 1. The molecule has 0 fully saturated rings. The molecule has 0 aliphatic heterocycles. The Bertz CT molecular complexity index is 1170. The van der Waals surface area contributed by atoms with Crippen molar-refractivity contribution in [3.05, 3.63) is 89.4 Å². The number of nitrogens with one attached hydrogen (secondary N) is 2. The fourth-order valence-corrected chi connectivity index (χ4v) is 2.73. The molecule has 0 aliphatic carbocycles. The first-order valence-corrected chi connectivity index (χ1v) is 8.43. The lowest BCUT2D eigenvalue weighted by molar-refractivity contribution is 0.102. The highest BCUT2D eigenvalue weighted by Crippen LogP contribution is 2.25. The van der Waals surface area contributed by atoms with Gasteiger partial charge in [-0.3, -0.25) is 14.9 Å². The largest absolute Gasteiger partial charge is 0.319 e. The third kappa shape index (κ3) is 3.64. The number of hydrogen-bond donors (Lipinski definition) is 2. The van der Waals surface area contributed by atoms with Crippen LogP contribution in [-0.2, 0) is 0 Å². The van der Waals surface area contributed by atoms with Crippen molar-refractivity contribution in [3.8, 4) is 0 Å². The van der Waals surface area contributed by atoms with Crippen molar-refractivity contribution in [3.63, 3.8) is 0 Å². The minimum atomic E-state index is -0.576. The van der Waals surface area contributed by atoms with Gasteiger partial charge in [0.1, 0.15) is 11.6 Å². The van der Waals surface area contributed by atoms with Gasteiger partial charge in [0.05, 0.1) is 16.9 Å². The molecule has 2 aromatic heterocycles. The average molecular weight is 376 g/mol. The topological polar surface area (TPSA) is 70.7 Å².